The number of hydrogen-bond acceptors (Lipinski definition) is 5. The summed E-state index contributed by atoms with van der Waals surface area (Å²) in [5.74, 6) is -0.967. The van der Waals surface area contributed by atoms with Gasteiger partial charge in [-0.2, -0.15) is 0 Å². The van der Waals surface area contributed by atoms with Gasteiger partial charge in [0, 0.05) is 12.4 Å². The van der Waals surface area contributed by atoms with Crippen LogP contribution in [-0.2, 0) is 14.3 Å². The molecular formula is C10H13N3O3. The Bertz CT molecular complexity index is 367. The van der Waals surface area contributed by atoms with Gasteiger partial charge < -0.3 is 15.8 Å². The number of nitrogens with zero attached hydrogens (tertiary/aromatic N) is 1. The van der Waals surface area contributed by atoms with Gasteiger partial charge in [0.2, 0.25) is 5.91 Å². The predicted octanol–water partition coefficient (Wildman–Crippen LogP) is -0.629. The molecule has 0 saturated carbocycles. The van der Waals surface area contributed by atoms with Crippen molar-refractivity contribution >= 4 is 11.9 Å². The average molecular weight is 223 g/mol. The number of nitrogens with two attached hydrogens (primary N) is 1. The molecule has 86 valence electrons. The highest BCUT2D eigenvalue weighted by Gasteiger charge is 2.16. The zero-order valence-electron chi connectivity index (χ0n) is 8.84. The van der Waals surface area contributed by atoms with Gasteiger partial charge in [0.1, 0.15) is 12.6 Å². The Kier molecular flexibility index (Phi) is 4.41. The van der Waals surface area contributed by atoms with Crippen LogP contribution in [0.15, 0.2) is 24.5 Å². The summed E-state index contributed by atoms with van der Waals surface area (Å²) in [6.45, 7) is -0.191. The molecule has 0 spiro atoms. The smallest absolute Gasteiger partial charge is 0.325 e. The molecule has 16 heavy (non-hydrogen) atoms. The van der Waals surface area contributed by atoms with Crippen LogP contribution >= 0.6 is 0 Å². The monoisotopic (exact) mass is 223 g/mol. The Morgan fingerprint density at radius 1 is 1.62 bits per heavy atom. The molecule has 0 saturated heterocycles. The number of amides is 1. The molecule has 0 aliphatic heterocycles. The van der Waals surface area contributed by atoms with Gasteiger partial charge in [0.05, 0.1) is 7.11 Å². The molecule has 1 amide bonds. The number of carbonyl (C=O) groups is 2. The largest absolute Gasteiger partial charge is 0.468 e. The van der Waals surface area contributed by atoms with Gasteiger partial charge in [-0.1, -0.05) is 6.07 Å². The number of carbonyl (C=O) groups excluding carboxylic acids is 2. The molecule has 0 aliphatic rings. The zero-order valence-corrected chi connectivity index (χ0v) is 8.84. The third-order valence-corrected chi connectivity index (χ3v) is 1.96. The van der Waals surface area contributed by atoms with E-state index in [2.05, 4.69) is 15.0 Å². The molecule has 0 aromatic carbocycles. The van der Waals surface area contributed by atoms with Gasteiger partial charge in [-0.25, -0.2) is 0 Å². The van der Waals surface area contributed by atoms with E-state index in [0.717, 1.165) is 0 Å². The first-order valence-electron chi connectivity index (χ1n) is 4.65. The average Bonchev–Trinajstić information content (AvgIpc) is 2.35. The van der Waals surface area contributed by atoms with Crippen LogP contribution in [0.2, 0.25) is 0 Å². The van der Waals surface area contributed by atoms with E-state index in [1.54, 1.807) is 18.3 Å². The molecular weight excluding hydrogens is 210 g/mol. The number of rotatable bonds is 4. The zero-order chi connectivity index (χ0) is 12.0. The number of pyridine rings is 1. The molecule has 6 heteroatoms. The van der Waals surface area contributed by atoms with Crippen LogP contribution in [0.25, 0.3) is 0 Å². The van der Waals surface area contributed by atoms with Crippen molar-refractivity contribution in [1.82, 2.24) is 10.3 Å². The van der Waals surface area contributed by atoms with Crippen molar-refractivity contribution < 1.29 is 14.3 Å². The summed E-state index contributed by atoms with van der Waals surface area (Å²) in [5, 5.41) is 2.37. The van der Waals surface area contributed by atoms with E-state index >= 15 is 0 Å². The topological polar surface area (TPSA) is 94.3 Å². The Balaban J connectivity index is 2.52. The van der Waals surface area contributed by atoms with E-state index in [4.69, 9.17) is 5.73 Å². The van der Waals surface area contributed by atoms with Crippen LogP contribution in [0.5, 0.6) is 0 Å². The molecule has 0 radical (unpaired) electrons. The van der Waals surface area contributed by atoms with Crippen molar-refractivity contribution in [2.24, 2.45) is 5.73 Å². The number of aromatic nitrogens is 1. The second-order valence-electron chi connectivity index (χ2n) is 3.06. The summed E-state index contributed by atoms with van der Waals surface area (Å²) in [7, 11) is 1.25. The number of nitrogens with one attached hydrogen (secondary N) is 1. The maximum atomic E-state index is 11.5. The Morgan fingerprint density at radius 2 is 2.38 bits per heavy atom. The van der Waals surface area contributed by atoms with Gasteiger partial charge in [-0.3, -0.25) is 14.6 Å². The van der Waals surface area contributed by atoms with Crippen molar-refractivity contribution in [2.75, 3.05) is 13.7 Å². The van der Waals surface area contributed by atoms with Crippen LogP contribution in [0.4, 0.5) is 0 Å². The number of esters is 1. The first-order chi connectivity index (χ1) is 7.65. The van der Waals surface area contributed by atoms with Gasteiger partial charge >= 0.3 is 5.97 Å². The van der Waals surface area contributed by atoms with Crippen molar-refractivity contribution in [3.63, 3.8) is 0 Å². The first-order valence-corrected chi connectivity index (χ1v) is 4.65. The Hall–Kier alpha value is -1.95. The van der Waals surface area contributed by atoms with E-state index in [1.165, 1.54) is 13.3 Å². The normalized spacial score (nSPS) is 11.6. The van der Waals surface area contributed by atoms with E-state index in [-0.39, 0.29) is 6.54 Å². The maximum absolute atomic E-state index is 11.5. The molecule has 1 aromatic rings. The maximum Gasteiger partial charge on any atom is 0.325 e. The van der Waals surface area contributed by atoms with Gasteiger partial charge in [-0.15, -0.1) is 0 Å². The lowest BCUT2D eigenvalue weighted by molar-refractivity contribution is -0.141. The predicted molar refractivity (Wildman–Crippen MR) is 56.2 cm³/mol. The van der Waals surface area contributed by atoms with Crippen LogP contribution in [0.3, 0.4) is 0 Å². The summed E-state index contributed by atoms with van der Waals surface area (Å²) >= 11 is 0. The number of ether oxygens (including phenoxy) is 1. The molecule has 0 fully saturated rings. The quantitative estimate of drug-likeness (QED) is 0.663. The third kappa shape index (κ3) is 3.32. The highest BCUT2D eigenvalue weighted by Crippen LogP contribution is 2.07. The Morgan fingerprint density at radius 3 is 2.94 bits per heavy atom. The minimum atomic E-state index is -0.835. The fourth-order valence-electron chi connectivity index (χ4n) is 1.05. The van der Waals surface area contributed by atoms with E-state index in [0.29, 0.717) is 5.56 Å². The first kappa shape index (κ1) is 12.1. The fourth-order valence-corrected chi connectivity index (χ4v) is 1.05. The second kappa shape index (κ2) is 5.82. The van der Waals surface area contributed by atoms with Crippen LogP contribution in [-0.4, -0.2) is 30.5 Å². The SMILES string of the molecule is COC(=O)CNC(=O)C(N)c1cccnc1. The summed E-state index contributed by atoms with van der Waals surface area (Å²) < 4.78 is 4.38. The van der Waals surface area contributed by atoms with Crippen LogP contribution < -0.4 is 11.1 Å². The van der Waals surface area contributed by atoms with Gasteiger partial charge in [0.15, 0.2) is 0 Å². The van der Waals surface area contributed by atoms with Gasteiger partial charge in [-0.05, 0) is 11.6 Å². The van der Waals surface area contributed by atoms with E-state index in [9.17, 15) is 9.59 Å². The molecule has 0 aliphatic carbocycles. The summed E-state index contributed by atoms with van der Waals surface area (Å²) in [5.41, 5.74) is 6.25. The lowest BCUT2D eigenvalue weighted by Gasteiger charge is -2.11. The third-order valence-electron chi connectivity index (χ3n) is 1.96. The molecule has 0 bridgehead atoms. The van der Waals surface area contributed by atoms with E-state index < -0.39 is 17.9 Å². The van der Waals surface area contributed by atoms with Crippen molar-refractivity contribution in [3.05, 3.63) is 30.1 Å². The molecule has 3 N–H and O–H groups in total. The molecule has 1 rings (SSSR count). The van der Waals surface area contributed by atoms with Crippen molar-refractivity contribution in [2.45, 2.75) is 6.04 Å². The second-order valence-corrected chi connectivity index (χ2v) is 3.06. The molecule has 6 nitrogen and oxygen atoms in total. The lowest BCUT2D eigenvalue weighted by atomic mass is 10.1. The summed E-state index contributed by atoms with van der Waals surface area (Å²) in [4.78, 5) is 26.1. The standard InChI is InChI=1S/C10H13N3O3/c1-16-8(14)6-13-10(15)9(11)7-3-2-4-12-5-7/h2-5,9H,6,11H2,1H3,(H,13,15). The van der Waals surface area contributed by atoms with Crippen molar-refractivity contribution in [3.8, 4) is 0 Å². The minimum absolute atomic E-state index is 0.191. The van der Waals surface area contributed by atoms with Crippen LogP contribution in [0.1, 0.15) is 11.6 Å². The molecule has 1 unspecified atom stereocenters. The Labute approximate surface area is 92.8 Å². The molecule has 1 atom stereocenters. The fraction of sp³-hybridized carbons (Fsp3) is 0.300. The van der Waals surface area contributed by atoms with Gasteiger partial charge in [0.25, 0.3) is 0 Å². The number of methoxy groups -OCH3 is 1. The van der Waals surface area contributed by atoms with E-state index in [1.807, 2.05) is 0 Å². The minimum Gasteiger partial charge on any atom is -0.468 e. The highest BCUT2D eigenvalue weighted by atomic mass is 16.5. The molecule has 1 aromatic heterocycles. The van der Waals surface area contributed by atoms with Crippen LogP contribution in [0, 0.1) is 0 Å². The number of hydrogen-bond donors (Lipinski definition) is 2. The highest BCUT2D eigenvalue weighted by molar-refractivity contribution is 5.86. The summed E-state index contributed by atoms with van der Waals surface area (Å²) in [6, 6.07) is 2.54. The van der Waals surface area contributed by atoms with Crippen molar-refractivity contribution in [1.29, 1.82) is 0 Å². The lowest BCUT2D eigenvalue weighted by Crippen LogP contribution is -2.37. The molecule has 1 heterocycles. The summed E-state index contributed by atoms with van der Waals surface area (Å²) in [6.07, 6.45) is 3.09.